The van der Waals surface area contributed by atoms with Gasteiger partial charge in [0, 0.05) is 0 Å². The van der Waals surface area contributed by atoms with E-state index in [1.165, 1.54) is 16.7 Å². The van der Waals surface area contributed by atoms with Gasteiger partial charge in [-0.3, -0.25) is 9.59 Å². The molecule has 1 heterocycles. The van der Waals surface area contributed by atoms with Crippen LogP contribution in [0.25, 0.3) is 5.57 Å². The molecule has 0 radical (unpaired) electrons. The minimum Gasteiger partial charge on any atom is -0.494 e. The summed E-state index contributed by atoms with van der Waals surface area (Å²) in [6.07, 6.45) is 0. The van der Waals surface area contributed by atoms with Gasteiger partial charge < -0.3 is 4.74 Å². The number of hydrogen-bond donors (Lipinski definition) is 0. The van der Waals surface area contributed by atoms with Crippen molar-refractivity contribution in [3.8, 4) is 5.75 Å². The highest BCUT2D eigenvalue weighted by molar-refractivity contribution is 8.04. The average Bonchev–Trinajstić information content (AvgIpc) is 2.89. The number of carbonyl (C=O) groups excluding carboxylic acids is 2. The standard InChI is InChI=1S/C22H23NO3S/c1-5-26-18-11-9-17(10-12-18)23-21(24)19(20(22(23)25)27-6-2)16-8-7-14(3)15(4)13-16/h7-13H,5-6H2,1-4H3. The fourth-order valence-corrected chi connectivity index (χ4v) is 3.88. The lowest BCUT2D eigenvalue weighted by Crippen LogP contribution is -2.31. The average molecular weight is 381 g/mol. The van der Waals surface area contributed by atoms with E-state index in [-0.39, 0.29) is 11.8 Å². The number of anilines is 1. The summed E-state index contributed by atoms with van der Waals surface area (Å²) in [5.74, 6) is 0.901. The Labute approximate surface area is 164 Å². The first kappa shape index (κ1) is 19.2. The third kappa shape index (κ3) is 3.65. The maximum Gasteiger partial charge on any atom is 0.272 e. The molecule has 0 spiro atoms. The Morgan fingerprint density at radius 2 is 1.63 bits per heavy atom. The van der Waals surface area contributed by atoms with Crippen molar-refractivity contribution in [1.82, 2.24) is 0 Å². The molecule has 3 rings (SSSR count). The first-order chi connectivity index (χ1) is 13.0. The highest BCUT2D eigenvalue weighted by Gasteiger charge is 2.40. The Bertz CT molecular complexity index is 916. The van der Waals surface area contributed by atoms with Crippen LogP contribution in [0.15, 0.2) is 47.4 Å². The van der Waals surface area contributed by atoms with Crippen LogP contribution < -0.4 is 9.64 Å². The van der Waals surface area contributed by atoms with E-state index < -0.39 is 0 Å². The van der Waals surface area contributed by atoms with Crippen molar-refractivity contribution >= 4 is 34.8 Å². The van der Waals surface area contributed by atoms with Gasteiger partial charge in [0.25, 0.3) is 11.8 Å². The first-order valence-electron chi connectivity index (χ1n) is 9.04. The number of carbonyl (C=O) groups is 2. The number of amides is 2. The molecule has 0 N–H and O–H groups in total. The van der Waals surface area contributed by atoms with Gasteiger partial charge in [-0.25, -0.2) is 4.90 Å². The molecule has 2 aromatic rings. The number of hydrogen-bond acceptors (Lipinski definition) is 4. The molecule has 1 aliphatic heterocycles. The summed E-state index contributed by atoms with van der Waals surface area (Å²) in [6.45, 7) is 8.50. The van der Waals surface area contributed by atoms with Crippen LogP contribution in [0.3, 0.4) is 0 Å². The maximum atomic E-state index is 13.2. The van der Waals surface area contributed by atoms with E-state index in [4.69, 9.17) is 4.74 Å². The maximum absolute atomic E-state index is 13.2. The SMILES string of the molecule is CCOc1ccc(N2C(=O)C(SCC)=C(c3ccc(C)c(C)c3)C2=O)cc1. The Morgan fingerprint density at radius 3 is 2.22 bits per heavy atom. The summed E-state index contributed by atoms with van der Waals surface area (Å²) >= 11 is 1.42. The summed E-state index contributed by atoms with van der Waals surface area (Å²) in [6, 6.07) is 12.9. The fourth-order valence-electron chi connectivity index (χ4n) is 3.03. The third-order valence-corrected chi connectivity index (χ3v) is 5.49. The summed E-state index contributed by atoms with van der Waals surface area (Å²) in [4.78, 5) is 28.0. The molecule has 2 amide bonds. The highest BCUT2D eigenvalue weighted by Crippen LogP contribution is 2.39. The molecule has 5 heteroatoms. The lowest BCUT2D eigenvalue weighted by molar-refractivity contribution is -0.119. The van der Waals surface area contributed by atoms with Gasteiger partial charge >= 0.3 is 0 Å². The molecule has 2 aromatic carbocycles. The van der Waals surface area contributed by atoms with Crippen molar-refractivity contribution < 1.29 is 14.3 Å². The van der Waals surface area contributed by atoms with Gasteiger partial charge in [-0.15, -0.1) is 11.8 Å². The zero-order valence-corrected chi connectivity index (χ0v) is 16.9. The van der Waals surface area contributed by atoms with Crippen molar-refractivity contribution in [3.63, 3.8) is 0 Å². The predicted molar refractivity (Wildman–Crippen MR) is 111 cm³/mol. The van der Waals surface area contributed by atoms with Crippen LogP contribution in [0, 0.1) is 13.8 Å². The van der Waals surface area contributed by atoms with Gasteiger partial charge in [-0.05, 0) is 67.5 Å². The molecule has 1 aliphatic rings. The van der Waals surface area contributed by atoms with Gasteiger partial charge in [0.1, 0.15) is 5.75 Å². The van der Waals surface area contributed by atoms with E-state index in [1.54, 1.807) is 24.3 Å². The van der Waals surface area contributed by atoms with Gasteiger partial charge in [0.2, 0.25) is 0 Å². The molecule has 0 fully saturated rings. The molecule has 0 saturated heterocycles. The second kappa shape index (κ2) is 8.01. The topological polar surface area (TPSA) is 46.6 Å². The van der Waals surface area contributed by atoms with Crippen molar-refractivity contribution in [2.45, 2.75) is 27.7 Å². The van der Waals surface area contributed by atoms with E-state index in [0.717, 1.165) is 22.4 Å². The summed E-state index contributed by atoms with van der Waals surface area (Å²) in [7, 11) is 0. The zero-order chi connectivity index (χ0) is 19.6. The number of nitrogens with zero attached hydrogens (tertiary/aromatic N) is 1. The minimum atomic E-state index is -0.275. The predicted octanol–water partition coefficient (Wildman–Crippen LogP) is 4.74. The molecular formula is C22H23NO3S. The van der Waals surface area contributed by atoms with Crippen molar-refractivity contribution in [1.29, 1.82) is 0 Å². The van der Waals surface area contributed by atoms with Crippen LogP contribution in [0.4, 0.5) is 5.69 Å². The number of imide groups is 1. The lowest BCUT2D eigenvalue weighted by Gasteiger charge is -2.16. The molecule has 0 atom stereocenters. The summed E-state index contributed by atoms with van der Waals surface area (Å²) in [5.41, 5.74) is 4.09. The molecule has 140 valence electrons. The molecule has 0 aliphatic carbocycles. The van der Waals surface area contributed by atoms with Gasteiger partial charge in [0.05, 0.1) is 22.8 Å². The number of ether oxygens (including phenoxy) is 1. The van der Waals surface area contributed by atoms with Crippen LogP contribution in [0.2, 0.25) is 0 Å². The Hall–Kier alpha value is -2.53. The molecule has 0 unspecified atom stereocenters. The van der Waals surface area contributed by atoms with Crippen molar-refractivity contribution in [2.75, 3.05) is 17.3 Å². The largest absolute Gasteiger partial charge is 0.494 e. The van der Waals surface area contributed by atoms with E-state index in [9.17, 15) is 9.59 Å². The third-order valence-electron chi connectivity index (χ3n) is 4.53. The number of rotatable bonds is 6. The molecule has 4 nitrogen and oxygen atoms in total. The first-order valence-corrected chi connectivity index (χ1v) is 10.0. The molecule has 27 heavy (non-hydrogen) atoms. The normalized spacial score (nSPS) is 14.3. The van der Waals surface area contributed by atoms with Crippen molar-refractivity contribution in [2.24, 2.45) is 0 Å². The van der Waals surface area contributed by atoms with Gasteiger partial charge in [0.15, 0.2) is 0 Å². The minimum absolute atomic E-state index is 0.260. The molecule has 0 aromatic heterocycles. The Kier molecular flexibility index (Phi) is 5.71. The van der Waals surface area contributed by atoms with E-state index in [1.807, 2.05) is 45.9 Å². The summed E-state index contributed by atoms with van der Waals surface area (Å²) in [5, 5.41) is 0. The molecule has 0 bridgehead atoms. The van der Waals surface area contributed by atoms with E-state index >= 15 is 0 Å². The fraction of sp³-hybridized carbons (Fsp3) is 0.273. The lowest BCUT2D eigenvalue weighted by atomic mass is 10.0. The van der Waals surface area contributed by atoms with Gasteiger partial charge in [-0.2, -0.15) is 0 Å². The number of thioether (sulfide) groups is 1. The smallest absolute Gasteiger partial charge is 0.272 e. The Morgan fingerprint density at radius 1 is 0.926 bits per heavy atom. The van der Waals surface area contributed by atoms with Crippen LogP contribution in [-0.2, 0) is 9.59 Å². The quantitative estimate of drug-likeness (QED) is 0.678. The molecular weight excluding hydrogens is 358 g/mol. The van der Waals surface area contributed by atoms with Crippen LogP contribution in [0.1, 0.15) is 30.5 Å². The van der Waals surface area contributed by atoms with Crippen LogP contribution >= 0.6 is 11.8 Å². The highest BCUT2D eigenvalue weighted by atomic mass is 32.2. The Balaban J connectivity index is 2.02. The van der Waals surface area contributed by atoms with Crippen LogP contribution in [0.5, 0.6) is 5.75 Å². The van der Waals surface area contributed by atoms with Crippen LogP contribution in [-0.4, -0.2) is 24.2 Å². The second-order valence-corrected chi connectivity index (χ2v) is 7.58. The zero-order valence-electron chi connectivity index (χ0n) is 16.0. The monoisotopic (exact) mass is 381 g/mol. The second-order valence-electron chi connectivity index (χ2n) is 6.31. The van der Waals surface area contributed by atoms with Crippen molar-refractivity contribution in [3.05, 3.63) is 64.1 Å². The number of aryl methyl sites for hydroxylation is 2. The van der Waals surface area contributed by atoms with Gasteiger partial charge in [-0.1, -0.05) is 25.1 Å². The molecule has 0 saturated carbocycles. The van der Waals surface area contributed by atoms with E-state index in [2.05, 4.69) is 0 Å². The van der Waals surface area contributed by atoms with E-state index in [0.29, 0.717) is 28.5 Å². The number of benzene rings is 2. The summed E-state index contributed by atoms with van der Waals surface area (Å²) < 4.78 is 5.45.